The summed E-state index contributed by atoms with van der Waals surface area (Å²) in [5.41, 5.74) is 0.884. The largest absolute Gasteiger partial charge is 0.469 e. The zero-order valence-corrected chi connectivity index (χ0v) is 28.6. The number of rotatable bonds is 14. The van der Waals surface area contributed by atoms with Crippen LogP contribution in [0.3, 0.4) is 0 Å². The van der Waals surface area contributed by atoms with E-state index in [-0.39, 0.29) is 31.3 Å². The Morgan fingerprint density at radius 3 is 2.14 bits per heavy atom. The molecule has 0 aliphatic carbocycles. The zero-order valence-electron chi connectivity index (χ0n) is 28.6. The number of benzene rings is 2. The molecule has 4 rings (SSSR count). The monoisotopic (exact) mass is 726 g/mol. The van der Waals surface area contributed by atoms with Gasteiger partial charge in [0, 0.05) is 39.7 Å². The number of imide groups is 1. The Kier molecular flexibility index (Phi) is 12.7. The van der Waals surface area contributed by atoms with Crippen LogP contribution in [0.4, 0.5) is 28.0 Å². The number of carbonyl (C=O) groups is 3. The number of amides is 2. The molecule has 51 heavy (non-hydrogen) atoms. The van der Waals surface area contributed by atoms with Crippen molar-refractivity contribution in [2.24, 2.45) is 0 Å². The van der Waals surface area contributed by atoms with E-state index in [1.54, 1.807) is 13.8 Å². The first-order valence-electron chi connectivity index (χ1n) is 15.6. The van der Waals surface area contributed by atoms with Crippen LogP contribution in [-0.4, -0.2) is 103 Å². The predicted octanol–water partition coefficient (Wildman–Crippen LogP) is 5.16. The van der Waals surface area contributed by atoms with Gasteiger partial charge in [0.15, 0.2) is 5.82 Å². The van der Waals surface area contributed by atoms with Crippen molar-refractivity contribution in [3.8, 4) is 22.8 Å². The van der Waals surface area contributed by atoms with Crippen LogP contribution in [0.15, 0.2) is 54.9 Å². The van der Waals surface area contributed by atoms with Gasteiger partial charge < -0.3 is 33.2 Å². The summed E-state index contributed by atoms with van der Waals surface area (Å²) < 4.78 is 92.1. The van der Waals surface area contributed by atoms with Gasteiger partial charge in [-0.05, 0) is 62.4 Å². The van der Waals surface area contributed by atoms with Gasteiger partial charge in [-0.3, -0.25) is 9.59 Å². The Morgan fingerprint density at radius 2 is 1.57 bits per heavy atom. The summed E-state index contributed by atoms with van der Waals surface area (Å²) in [5, 5.41) is 4.36. The van der Waals surface area contributed by atoms with Crippen molar-refractivity contribution in [1.29, 1.82) is 0 Å². The van der Waals surface area contributed by atoms with Gasteiger partial charge in [0.05, 0.1) is 31.0 Å². The standard InChI is InChI=1S/C33H38F4N4O10/c1-7-48-27-26(46-5)19(2)49-30(28(27)47-6)50-31(44)41(24(42)16-17-25(43)45-4)22-10-8-20(9-11-22)29-38-18-40(39-29)21-12-14-23(15-13-21)51-33(36,37)32(3,34)35/h8-15,18-19,26-28,30H,7,16-17H2,1-6H3/t19-,26-,27+,28+,30-/m0/s1. The molecule has 1 aromatic heterocycles. The van der Waals surface area contributed by atoms with E-state index in [1.165, 1.54) is 68.7 Å². The van der Waals surface area contributed by atoms with E-state index in [2.05, 4.69) is 19.6 Å². The summed E-state index contributed by atoms with van der Waals surface area (Å²) in [7, 11) is 4.04. The number of methoxy groups -OCH3 is 3. The smallest absolute Gasteiger partial charge is 0.463 e. The van der Waals surface area contributed by atoms with Crippen molar-refractivity contribution in [1.82, 2.24) is 14.8 Å². The van der Waals surface area contributed by atoms with Gasteiger partial charge in [-0.15, -0.1) is 5.10 Å². The summed E-state index contributed by atoms with van der Waals surface area (Å²) in [6, 6.07) is 10.7. The molecule has 18 heteroatoms. The van der Waals surface area contributed by atoms with Gasteiger partial charge in [0.25, 0.3) is 0 Å². The maximum atomic E-state index is 13.7. The molecule has 0 unspecified atom stereocenters. The number of aromatic nitrogens is 3. The second-order valence-electron chi connectivity index (χ2n) is 11.3. The molecule has 0 bridgehead atoms. The summed E-state index contributed by atoms with van der Waals surface area (Å²) >= 11 is 0. The number of hydrogen-bond donors (Lipinski definition) is 0. The second kappa shape index (κ2) is 16.6. The molecule has 2 heterocycles. The molecule has 0 saturated carbocycles. The highest BCUT2D eigenvalue weighted by atomic mass is 19.3. The van der Waals surface area contributed by atoms with Crippen LogP contribution in [0.25, 0.3) is 17.1 Å². The third kappa shape index (κ3) is 9.18. The molecule has 1 aliphatic heterocycles. The van der Waals surface area contributed by atoms with Gasteiger partial charge in [0.1, 0.15) is 30.4 Å². The second-order valence-corrected chi connectivity index (χ2v) is 11.3. The minimum Gasteiger partial charge on any atom is -0.469 e. The molecule has 0 spiro atoms. The van der Waals surface area contributed by atoms with Crippen molar-refractivity contribution in [3.05, 3.63) is 54.9 Å². The highest BCUT2D eigenvalue weighted by Gasteiger charge is 2.55. The quantitative estimate of drug-likeness (QED) is 0.160. The summed E-state index contributed by atoms with van der Waals surface area (Å²) in [6.45, 7) is 3.85. The fourth-order valence-corrected chi connectivity index (χ4v) is 5.13. The molecule has 1 fully saturated rings. The van der Waals surface area contributed by atoms with Gasteiger partial charge in [-0.1, -0.05) is 0 Å². The normalized spacial score (nSPS) is 20.8. The van der Waals surface area contributed by atoms with E-state index in [0.717, 1.165) is 17.0 Å². The number of esters is 1. The van der Waals surface area contributed by atoms with Crippen LogP contribution in [-0.2, 0) is 38.0 Å². The molecule has 3 aromatic rings. The average molecular weight is 727 g/mol. The van der Waals surface area contributed by atoms with Crippen LogP contribution in [0.1, 0.15) is 33.6 Å². The lowest BCUT2D eigenvalue weighted by atomic mass is 9.99. The van der Waals surface area contributed by atoms with Crippen LogP contribution >= 0.6 is 0 Å². The van der Waals surface area contributed by atoms with E-state index in [0.29, 0.717) is 17.9 Å². The van der Waals surface area contributed by atoms with E-state index < -0.39 is 66.5 Å². The Balaban J connectivity index is 1.55. The number of ether oxygens (including phenoxy) is 7. The molecule has 278 valence electrons. The van der Waals surface area contributed by atoms with Gasteiger partial charge in [-0.2, -0.15) is 17.6 Å². The number of nitrogens with zero attached hydrogens (tertiary/aromatic N) is 4. The van der Waals surface area contributed by atoms with Crippen molar-refractivity contribution < 1.29 is 65.1 Å². The first kappa shape index (κ1) is 39.1. The summed E-state index contributed by atoms with van der Waals surface area (Å²) in [5.74, 6) is -6.12. The summed E-state index contributed by atoms with van der Waals surface area (Å²) in [4.78, 5) is 43.8. The third-order valence-electron chi connectivity index (χ3n) is 7.78. The van der Waals surface area contributed by atoms with Crippen LogP contribution in [0.5, 0.6) is 5.75 Å². The van der Waals surface area contributed by atoms with Gasteiger partial charge >= 0.3 is 24.1 Å². The fraction of sp³-hybridized carbons (Fsp3) is 0.485. The molecular formula is C33H38F4N4O10. The van der Waals surface area contributed by atoms with Crippen LogP contribution in [0.2, 0.25) is 0 Å². The first-order chi connectivity index (χ1) is 24.1. The first-order valence-corrected chi connectivity index (χ1v) is 15.6. The van der Waals surface area contributed by atoms with E-state index in [9.17, 15) is 31.9 Å². The lowest BCUT2D eigenvalue weighted by Crippen LogP contribution is -2.60. The molecule has 1 aliphatic rings. The lowest BCUT2D eigenvalue weighted by Gasteiger charge is -2.43. The molecule has 14 nitrogen and oxygen atoms in total. The Morgan fingerprint density at radius 1 is 0.922 bits per heavy atom. The maximum absolute atomic E-state index is 13.7. The predicted molar refractivity (Wildman–Crippen MR) is 170 cm³/mol. The fourth-order valence-electron chi connectivity index (χ4n) is 5.13. The highest BCUT2D eigenvalue weighted by Crippen LogP contribution is 2.36. The molecule has 1 saturated heterocycles. The topological polar surface area (TPSA) is 150 Å². The Bertz CT molecular complexity index is 1640. The van der Waals surface area contributed by atoms with Crippen LogP contribution < -0.4 is 9.64 Å². The number of halogens is 4. The molecular weight excluding hydrogens is 688 g/mol. The van der Waals surface area contributed by atoms with Crippen molar-refractivity contribution >= 4 is 23.7 Å². The molecule has 2 amide bonds. The number of hydrogen-bond acceptors (Lipinski definition) is 12. The van der Waals surface area contributed by atoms with Crippen LogP contribution in [0, 0.1) is 0 Å². The van der Waals surface area contributed by atoms with Gasteiger partial charge in [0.2, 0.25) is 12.2 Å². The summed E-state index contributed by atoms with van der Waals surface area (Å²) in [6.07, 6.45) is -9.22. The van der Waals surface area contributed by atoms with Crippen molar-refractivity contribution in [2.75, 3.05) is 32.8 Å². The number of alkyl halides is 4. The number of anilines is 1. The minimum absolute atomic E-state index is 0.0522. The SMILES string of the molecule is CCO[C@@H]1[C@@H](OC)[C@H](C)O[C@@H](OC(=O)N(C(=O)CCC(=O)OC)c2ccc(-c3ncn(-c4ccc(OC(F)(F)C(C)(F)F)cc4)n3)cc2)[C@@H]1OC. The minimum atomic E-state index is -4.71. The van der Waals surface area contributed by atoms with E-state index in [1.807, 2.05) is 0 Å². The zero-order chi connectivity index (χ0) is 37.5. The average Bonchev–Trinajstić information content (AvgIpc) is 3.58. The van der Waals surface area contributed by atoms with E-state index in [4.69, 9.17) is 23.7 Å². The molecule has 2 aromatic carbocycles. The Labute approximate surface area is 290 Å². The van der Waals surface area contributed by atoms with Crippen molar-refractivity contribution in [2.45, 2.75) is 76.3 Å². The van der Waals surface area contributed by atoms with E-state index >= 15 is 0 Å². The maximum Gasteiger partial charge on any atom is 0.463 e. The van der Waals surface area contributed by atoms with Gasteiger partial charge in [-0.25, -0.2) is 19.4 Å². The number of carbonyl (C=O) groups excluding carboxylic acids is 3. The van der Waals surface area contributed by atoms with Crippen molar-refractivity contribution in [3.63, 3.8) is 0 Å². The molecule has 0 radical (unpaired) electrons. The highest BCUT2D eigenvalue weighted by molar-refractivity contribution is 6.12. The third-order valence-corrected chi connectivity index (χ3v) is 7.78. The lowest BCUT2D eigenvalue weighted by molar-refractivity contribution is -0.301. The molecule has 5 atom stereocenters. The Hall–Kier alpha value is -4.65. The molecule has 0 N–H and O–H groups in total.